The Morgan fingerprint density at radius 1 is 1.43 bits per heavy atom. The van der Waals surface area contributed by atoms with Crippen LogP contribution < -0.4 is 5.73 Å². The zero-order chi connectivity index (χ0) is 10.4. The van der Waals surface area contributed by atoms with Crippen molar-refractivity contribution in [2.75, 3.05) is 33.4 Å². The van der Waals surface area contributed by atoms with Crippen LogP contribution in [0, 0.1) is 5.92 Å². The van der Waals surface area contributed by atoms with Gasteiger partial charge in [0.25, 0.3) is 0 Å². The molecule has 1 atom stereocenters. The number of hydrogen-bond acceptors (Lipinski definition) is 3. The Balaban J connectivity index is 2.08. The fourth-order valence-electron chi connectivity index (χ4n) is 1.83. The van der Waals surface area contributed by atoms with Crippen molar-refractivity contribution >= 4 is 0 Å². The van der Waals surface area contributed by atoms with Gasteiger partial charge in [0.05, 0.1) is 6.61 Å². The van der Waals surface area contributed by atoms with Gasteiger partial charge in [0.1, 0.15) is 0 Å². The first-order valence-corrected chi connectivity index (χ1v) is 5.77. The van der Waals surface area contributed by atoms with Crippen molar-refractivity contribution in [3.63, 3.8) is 0 Å². The molecule has 0 amide bonds. The maximum absolute atomic E-state index is 5.76. The molecule has 84 valence electrons. The van der Waals surface area contributed by atoms with Crippen LogP contribution in [0.4, 0.5) is 0 Å². The zero-order valence-electron chi connectivity index (χ0n) is 9.54. The molecular weight excluding hydrogens is 176 g/mol. The summed E-state index contributed by atoms with van der Waals surface area (Å²) in [6.45, 7) is 5.65. The first kappa shape index (κ1) is 12.0. The van der Waals surface area contributed by atoms with Crippen LogP contribution in [0.15, 0.2) is 0 Å². The van der Waals surface area contributed by atoms with Crippen LogP contribution in [0.3, 0.4) is 0 Å². The molecule has 1 saturated carbocycles. The monoisotopic (exact) mass is 200 g/mol. The quantitative estimate of drug-likeness (QED) is 0.596. The largest absolute Gasteiger partial charge is 0.380 e. The van der Waals surface area contributed by atoms with Gasteiger partial charge in [-0.1, -0.05) is 6.92 Å². The molecule has 1 unspecified atom stereocenters. The Morgan fingerprint density at radius 3 is 2.64 bits per heavy atom. The number of nitrogens with two attached hydrogens (primary N) is 1. The molecule has 0 aromatic rings. The standard InChI is InChI=1S/C11H24N2O/c1-3-7-14-8-6-13(2)11(9-12)10-4-5-10/h10-11H,3-9,12H2,1-2H3. The second-order valence-corrected chi connectivity index (χ2v) is 4.23. The highest BCUT2D eigenvalue weighted by Gasteiger charge is 2.32. The van der Waals surface area contributed by atoms with E-state index in [4.69, 9.17) is 10.5 Å². The van der Waals surface area contributed by atoms with Crippen LogP contribution in [0.5, 0.6) is 0 Å². The van der Waals surface area contributed by atoms with Crippen molar-refractivity contribution < 1.29 is 4.74 Å². The molecule has 0 aromatic heterocycles. The number of hydrogen-bond donors (Lipinski definition) is 1. The average Bonchev–Trinajstić information content (AvgIpc) is 2.98. The van der Waals surface area contributed by atoms with E-state index in [2.05, 4.69) is 18.9 Å². The molecule has 14 heavy (non-hydrogen) atoms. The molecule has 0 aromatic carbocycles. The molecule has 1 rings (SSSR count). The minimum absolute atomic E-state index is 0.584. The molecule has 0 heterocycles. The van der Waals surface area contributed by atoms with Crippen molar-refractivity contribution in [3.8, 4) is 0 Å². The molecule has 0 bridgehead atoms. The van der Waals surface area contributed by atoms with Crippen LogP contribution in [-0.4, -0.2) is 44.3 Å². The number of likely N-dealkylation sites (N-methyl/N-ethyl adjacent to an activating group) is 1. The zero-order valence-corrected chi connectivity index (χ0v) is 9.54. The predicted octanol–water partition coefficient (Wildman–Crippen LogP) is 1.08. The van der Waals surface area contributed by atoms with Crippen LogP contribution in [0.1, 0.15) is 26.2 Å². The first-order chi connectivity index (χ1) is 6.79. The first-order valence-electron chi connectivity index (χ1n) is 5.77. The summed E-state index contributed by atoms with van der Waals surface area (Å²) in [5.74, 6) is 0.858. The molecule has 3 heteroatoms. The number of rotatable bonds is 8. The molecule has 0 radical (unpaired) electrons. The van der Waals surface area contributed by atoms with E-state index < -0.39 is 0 Å². The van der Waals surface area contributed by atoms with E-state index in [1.54, 1.807) is 0 Å². The lowest BCUT2D eigenvalue weighted by Gasteiger charge is -2.26. The van der Waals surface area contributed by atoms with E-state index in [0.29, 0.717) is 6.04 Å². The van der Waals surface area contributed by atoms with Gasteiger partial charge in [0, 0.05) is 25.7 Å². The Bertz CT molecular complexity index is 148. The summed E-state index contributed by atoms with van der Waals surface area (Å²) < 4.78 is 5.47. The van der Waals surface area contributed by atoms with Crippen LogP contribution in [0.25, 0.3) is 0 Å². The summed E-state index contributed by atoms with van der Waals surface area (Å²) in [4.78, 5) is 2.35. The molecular formula is C11H24N2O. The van der Waals surface area contributed by atoms with Gasteiger partial charge in [0.15, 0.2) is 0 Å². The second-order valence-electron chi connectivity index (χ2n) is 4.23. The van der Waals surface area contributed by atoms with Crippen molar-refractivity contribution in [1.29, 1.82) is 0 Å². The van der Waals surface area contributed by atoms with Gasteiger partial charge >= 0.3 is 0 Å². The summed E-state index contributed by atoms with van der Waals surface area (Å²) in [5.41, 5.74) is 5.76. The van der Waals surface area contributed by atoms with Crippen molar-refractivity contribution in [2.24, 2.45) is 11.7 Å². The number of nitrogens with zero attached hydrogens (tertiary/aromatic N) is 1. The summed E-state index contributed by atoms with van der Waals surface area (Å²) >= 11 is 0. The van der Waals surface area contributed by atoms with E-state index in [0.717, 1.165) is 38.6 Å². The van der Waals surface area contributed by atoms with E-state index >= 15 is 0 Å². The van der Waals surface area contributed by atoms with Crippen LogP contribution in [-0.2, 0) is 4.74 Å². The van der Waals surface area contributed by atoms with Gasteiger partial charge in [-0.3, -0.25) is 4.90 Å². The predicted molar refractivity (Wildman–Crippen MR) is 59.3 cm³/mol. The van der Waals surface area contributed by atoms with Crippen molar-refractivity contribution in [3.05, 3.63) is 0 Å². The van der Waals surface area contributed by atoms with Gasteiger partial charge in [0.2, 0.25) is 0 Å². The maximum atomic E-state index is 5.76. The van der Waals surface area contributed by atoms with Gasteiger partial charge in [-0.15, -0.1) is 0 Å². The van der Waals surface area contributed by atoms with Gasteiger partial charge in [-0.25, -0.2) is 0 Å². The van der Waals surface area contributed by atoms with Crippen molar-refractivity contribution in [1.82, 2.24) is 4.90 Å². The van der Waals surface area contributed by atoms with Gasteiger partial charge < -0.3 is 10.5 Å². The lowest BCUT2D eigenvalue weighted by atomic mass is 10.1. The van der Waals surface area contributed by atoms with Gasteiger partial charge in [-0.2, -0.15) is 0 Å². The lowest BCUT2D eigenvalue weighted by molar-refractivity contribution is 0.0957. The maximum Gasteiger partial charge on any atom is 0.0593 e. The van der Waals surface area contributed by atoms with Gasteiger partial charge in [-0.05, 0) is 32.2 Å². The highest BCUT2D eigenvalue weighted by atomic mass is 16.5. The molecule has 1 aliphatic rings. The topological polar surface area (TPSA) is 38.5 Å². The summed E-state index contributed by atoms with van der Waals surface area (Å²) in [7, 11) is 2.16. The summed E-state index contributed by atoms with van der Waals surface area (Å²) in [6.07, 6.45) is 3.83. The second kappa shape index (κ2) is 6.38. The van der Waals surface area contributed by atoms with Crippen LogP contribution >= 0.6 is 0 Å². The molecule has 3 nitrogen and oxygen atoms in total. The van der Waals surface area contributed by atoms with Crippen LogP contribution in [0.2, 0.25) is 0 Å². The SMILES string of the molecule is CCCOCCN(C)C(CN)C1CC1. The highest BCUT2D eigenvalue weighted by Crippen LogP contribution is 2.34. The molecule has 0 saturated heterocycles. The minimum Gasteiger partial charge on any atom is -0.380 e. The molecule has 1 aliphatic carbocycles. The lowest BCUT2D eigenvalue weighted by Crippen LogP contribution is -2.41. The fourth-order valence-corrected chi connectivity index (χ4v) is 1.83. The molecule has 0 aliphatic heterocycles. The smallest absolute Gasteiger partial charge is 0.0593 e. The normalized spacial score (nSPS) is 18.9. The van der Waals surface area contributed by atoms with E-state index in [-0.39, 0.29) is 0 Å². The number of ether oxygens (including phenoxy) is 1. The molecule has 1 fully saturated rings. The van der Waals surface area contributed by atoms with E-state index in [1.165, 1.54) is 12.8 Å². The fraction of sp³-hybridized carbons (Fsp3) is 1.00. The van der Waals surface area contributed by atoms with Crippen molar-refractivity contribution in [2.45, 2.75) is 32.2 Å². The summed E-state index contributed by atoms with van der Waals surface area (Å²) in [6, 6.07) is 0.584. The Morgan fingerprint density at radius 2 is 2.14 bits per heavy atom. The molecule has 2 N–H and O–H groups in total. The average molecular weight is 200 g/mol. The Hall–Kier alpha value is -0.120. The summed E-state index contributed by atoms with van der Waals surface area (Å²) in [5, 5.41) is 0. The third-order valence-electron chi connectivity index (χ3n) is 2.91. The minimum atomic E-state index is 0.584. The Kier molecular flexibility index (Phi) is 5.45. The van der Waals surface area contributed by atoms with E-state index in [1.807, 2.05) is 0 Å². The third-order valence-corrected chi connectivity index (χ3v) is 2.91. The van der Waals surface area contributed by atoms with E-state index in [9.17, 15) is 0 Å². The Labute approximate surface area is 87.6 Å². The highest BCUT2D eigenvalue weighted by molar-refractivity contribution is 4.87. The molecule has 0 spiro atoms. The third kappa shape index (κ3) is 3.95.